The first kappa shape index (κ1) is 27.9. The highest BCUT2D eigenvalue weighted by Gasteiger charge is 2.30. The molecular weight excluding hydrogens is 467 g/mol. The average molecular weight is 505 g/mol. The number of benzene rings is 3. The van der Waals surface area contributed by atoms with Gasteiger partial charge < -0.3 is 15.0 Å². The molecule has 0 aromatic heterocycles. The Hall–Kier alpha value is -3.67. The molecule has 0 bridgehead atoms. The number of rotatable bonds is 14. The largest absolute Gasteiger partial charge is 0.494 e. The van der Waals surface area contributed by atoms with Crippen LogP contribution in [0.25, 0.3) is 0 Å². The van der Waals surface area contributed by atoms with Crippen LogP contribution in [0.1, 0.15) is 49.3 Å². The van der Waals surface area contributed by atoms with Crippen molar-refractivity contribution in [2.24, 2.45) is 0 Å². The lowest BCUT2D eigenvalue weighted by Crippen LogP contribution is -2.50. The van der Waals surface area contributed by atoms with E-state index in [1.54, 1.807) is 17.0 Å². The number of nitrogens with zero attached hydrogens (tertiary/aromatic N) is 1. The molecule has 1 atom stereocenters. The van der Waals surface area contributed by atoms with Crippen molar-refractivity contribution in [1.82, 2.24) is 10.2 Å². The van der Waals surface area contributed by atoms with E-state index in [-0.39, 0.29) is 30.6 Å². The zero-order valence-electron chi connectivity index (χ0n) is 21.8. The first-order valence-corrected chi connectivity index (χ1v) is 13.0. The van der Waals surface area contributed by atoms with Crippen molar-refractivity contribution in [2.45, 2.75) is 58.5 Å². The van der Waals surface area contributed by atoms with Gasteiger partial charge in [-0.25, -0.2) is 4.39 Å². The number of hydrogen-bond acceptors (Lipinski definition) is 3. The van der Waals surface area contributed by atoms with E-state index in [0.717, 1.165) is 35.3 Å². The highest BCUT2D eigenvalue weighted by Crippen LogP contribution is 2.18. The second-order valence-electron chi connectivity index (χ2n) is 9.26. The summed E-state index contributed by atoms with van der Waals surface area (Å²) < 4.78 is 19.3. The Morgan fingerprint density at radius 3 is 2.30 bits per heavy atom. The van der Waals surface area contributed by atoms with Crippen molar-refractivity contribution in [2.75, 3.05) is 13.2 Å². The Kier molecular flexibility index (Phi) is 11.2. The van der Waals surface area contributed by atoms with Gasteiger partial charge in [-0.1, -0.05) is 73.5 Å². The number of amides is 2. The van der Waals surface area contributed by atoms with Gasteiger partial charge in [0.1, 0.15) is 17.6 Å². The summed E-state index contributed by atoms with van der Waals surface area (Å²) in [6.45, 7) is 5.25. The Bertz CT molecular complexity index is 1100. The van der Waals surface area contributed by atoms with Crippen molar-refractivity contribution in [3.63, 3.8) is 0 Å². The molecule has 196 valence electrons. The Labute approximate surface area is 219 Å². The zero-order chi connectivity index (χ0) is 26.5. The molecule has 0 fully saturated rings. The summed E-state index contributed by atoms with van der Waals surface area (Å²) in [6.07, 6.45) is 2.98. The minimum atomic E-state index is -0.685. The lowest BCUT2D eigenvalue weighted by molar-refractivity contribution is -0.141. The molecule has 0 spiro atoms. The lowest BCUT2D eigenvalue weighted by Gasteiger charge is -2.31. The fourth-order valence-corrected chi connectivity index (χ4v) is 4.04. The molecule has 0 aliphatic heterocycles. The summed E-state index contributed by atoms with van der Waals surface area (Å²) >= 11 is 0. The Balaban J connectivity index is 1.76. The monoisotopic (exact) mass is 504 g/mol. The van der Waals surface area contributed by atoms with Crippen molar-refractivity contribution in [3.8, 4) is 5.75 Å². The van der Waals surface area contributed by atoms with Crippen LogP contribution in [0.15, 0.2) is 78.9 Å². The summed E-state index contributed by atoms with van der Waals surface area (Å²) in [5.74, 6) is 0.110. The van der Waals surface area contributed by atoms with Gasteiger partial charge >= 0.3 is 0 Å². The van der Waals surface area contributed by atoms with Crippen LogP contribution in [0.4, 0.5) is 4.39 Å². The van der Waals surface area contributed by atoms with Gasteiger partial charge in [-0.3, -0.25) is 9.59 Å². The van der Waals surface area contributed by atoms with E-state index in [1.807, 2.05) is 61.5 Å². The highest BCUT2D eigenvalue weighted by atomic mass is 19.1. The van der Waals surface area contributed by atoms with Crippen molar-refractivity contribution >= 4 is 11.8 Å². The first-order valence-electron chi connectivity index (χ1n) is 13.0. The molecule has 37 heavy (non-hydrogen) atoms. The first-order chi connectivity index (χ1) is 18.0. The van der Waals surface area contributed by atoms with Gasteiger partial charge in [-0.15, -0.1) is 0 Å². The third-order valence-electron chi connectivity index (χ3n) is 6.19. The van der Waals surface area contributed by atoms with Crippen LogP contribution in [-0.4, -0.2) is 35.9 Å². The maximum absolute atomic E-state index is 13.6. The third kappa shape index (κ3) is 9.37. The number of nitrogens with one attached hydrogen (secondary N) is 1. The van der Waals surface area contributed by atoms with Crippen LogP contribution < -0.4 is 10.1 Å². The van der Waals surface area contributed by atoms with Gasteiger partial charge in [-0.2, -0.15) is 0 Å². The van der Waals surface area contributed by atoms with Gasteiger partial charge in [0.25, 0.3) is 0 Å². The molecule has 3 rings (SSSR count). The summed E-state index contributed by atoms with van der Waals surface area (Å²) in [5.41, 5.74) is 2.89. The Morgan fingerprint density at radius 1 is 0.919 bits per heavy atom. The summed E-state index contributed by atoms with van der Waals surface area (Å²) in [4.78, 5) is 28.6. The highest BCUT2D eigenvalue weighted by molar-refractivity contribution is 5.88. The molecule has 6 heteroatoms. The summed E-state index contributed by atoms with van der Waals surface area (Å²) in [6, 6.07) is 22.9. The van der Waals surface area contributed by atoms with Crippen LogP contribution >= 0.6 is 0 Å². The molecule has 0 unspecified atom stereocenters. The number of carbonyl (C=O) groups excluding carboxylic acids is 2. The summed E-state index contributed by atoms with van der Waals surface area (Å²) in [5, 5.41) is 3.01. The average Bonchev–Trinajstić information content (AvgIpc) is 2.91. The van der Waals surface area contributed by atoms with Gasteiger partial charge in [-0.05, 0) is 55.2 Å². The molecule has 0 saturated heterocycles. The van der Waals surface area contributed by atoms with Crippen LogP contribution in [0.5, 0.6) is 5.75 Å². The van der Waals surface area contributed by atoms with E-state index in [4.69, 9.17) is 4.74 Å². The van der Waals surface area contributed by atoms with E-state index in [9.17, 15) is 14.0 Å². The van der Waals surface area contributed by atoms with E-state index in [1.165, 1.54) is 12.1 Å². The van der Waals surface area contributed by atoms with Gasteiger partial charge in [0.2, 0.25) is 11.8 Å². The number of ether oxygens (including phenoxy) is 1. The van der Waals surface area contributed by atoms with Crippen LogP contribution in [-0.2, 0) is 22.6 Å². The van der Waals surface area contributed by atoms with Crippen molar-refractivity contribution in [3.05, 3.63) is 101 Å². The lowest BCUT2D eigenvalue weighted by atomic mass is 10.0. The van der Waals surface area contributed by atoms with Crippen LogP contribution in [0.2, 0.25) is 0 Å². The van der Waals surface area contributed by atoms with Gasteiger partial charge in [0.05, 0.1) is 6.61 Å². The molecule has 0 aliphatic rings. The fourth-order valence-electron chi connectivity index (χ4n) is 4.04. The number of unbranched alkanes of at least 4 members (excludes halogenated alkanes) is 1. The number of aryl methyl sites for hydroxylation is 1. The molecule has 0 radical (unpaired) electrons. The predicted molar refractivity (Wildman–Crippen MR) is 145 cm³/mol. The predicted octanol–water partition coefficient (Wildman–Crippen LogP) is 5.85. The Morgan fingerprint density at radius 2 is 1.62 bits per heavy atom. The van der Waals surface area contributed by atoms with E-state index in [0.29, 0.717) is 26.0 Å². The molecule has 3 aromatic carbocycles. The molecular formula is C31H37FN2O3. The van der Waals surface area contributed by atoms with Crippen molar-refractivity contribution in [1.29, 1.82) is 0 Å². The quantitative estimate of drug-likeness (QED) is 0.280. The topological polar surface area (TPSA) is 58.6 Å². The zero-order valence-corrected chi connectivity index (χ0v) is 21.8. The minimum Gasteiger partial charge on any atom is -0.494 e. The van der Waals surface area contributed by atoms with Gasteiger partial charge in [0, 0.05) is 25.9 Å². The van der Waals surface area contributed by atoms with E-state index in [2.05, 4.69) is 12.2 Å². The number of halogens is 1. The van der Waals surface area contributed by atoms with Crippen LogP contribution in [0.3, 0.4) is 0 Å². The molecule has 2 amide bonds. The van der Waals surface area contributed by atoms with E-state index >= 15 is 0 Å². The SMILES string of the molecule is CCCCNC(=O)[C@@H](Cc1ccccc1)N(Cc1ccc(F)cc1)C(=O)CCCOc1ccc(C)cc1. The van der Waals surface area contributed by atoms with Crippen molar-refractivity contribution < 1.29 is 18.7 Å². The summed E-state index contributed by atoms with van der Waals surface area (Å²) in [7, 11) is 0. The molecule has 3 aromatic rings. The normalized spacial score (nSPS) is 11.5. The van der Waals surface area contributed by atoms with E-state index < -0.39 is 6.04 Å². The maximum Gasteiger partial charge on any atom is 0.243 e. The number of hydrogen-bond donors (Lipinski definition) is 1. The second kappa shape index (κ2) is 14.8. The smallest absolute Gasteiger partial charge is 0.243 e. The molecule has 0 aliphatic carbocycles. The van der Waals surface area contributed by atoms with Crippen LogP contribution in [0, 0.1) is 12.7 Å². The molecule has 0 heterocycles. The standard InChI is InChI=1S/C31H37FN2O3/c1-3-4-20-33-31(36)29(22-25-9-6-5-7-10-25)34(23-26-14-16-27(32)17-15-26)30(35)11-8-21-37-28-18-12-24(2)13-19-28/h5-7,9-10,12-19,29H,3-4,8,11,20-23H2,1-2H3,(H,33,36)/t29-/m1/s1. The molecule has 1 N–H and O–H groups in total. The van der Waals surface area contributed by atoms with Gasteiger partial charge in [0.15, 0.2) is 0 Å². The second-order valence-corrected chi connectivity index (χ2v) is 9.26. The number of carbonyl (C=O) groups is 2. The molecule has 0 saturated carbocycles. The third-order valence-corrected chi connectivity index (χ3v) is 6.19. The minimum absolute atomic E-state index is 0.136. The maximum atomic E-state index is 13.6. The molecule has 5 nitrogen and oxygen atoms in total. The fraction of sp³-hybridized carbons (Fsp3) is 0.355.